The summed E-state index contributed by atoms with van der Waals surface area (Å²) in [4.78, 5) is 16.6. The largest absolute Gasteiger partial charge is 0.340 e. The zero-order valence-electron chi connectivity index (χ0n) is 11.8. The van der Waals surface area contributed by atoms with Gasteiger partial charge in [-0.1, -0.05) is 0 Å². The first kappa shape index (κ1) is 13.8. The number of amides is 1. The molecule has 0 bridgehead atoms. The van der Waals surface area contributed by atoms with Gasteiger partial charge in [0.1, 0.15) is 0 Å². The minimum Gasteiger partial charge on any atom is -0.340 e. The van der Waals surface area contributed by atoms with Gasteiger partial charge in [0.2, 0.25) is 5.91 Å². The van der Waals surface area contributed by atoms with Crippen molar-refractivity contribution in [2.45, 2.75) is 38.6 Å². The van der Waals surface area contributed by atoms with Gasteiger partial charge in [-0.2, -0.15) is 0 Å². The minimum atomic E-state index is 0.363. The normalized spacial score (nSPS) is 27.4. The molecule has 1 amide bonds. The average molecular weight is 253 g/mol. The van der Waals surface area contributed by atoms with E-state index in [-0.39, 0.29) is 0 Å². The molecule has 0 aromatic rings. The molecule has 18 heavy (non-hydrogen) atoms. The second kappa shape index (κ2) is 6.53. The van der Waals surface area contributed by atoms with Crippen molar-refractivity contribution in [1.82, 2.24) is 15.1 Å². The van der Waals surface area contributed by atoms with Gasteiger partial charge in [0.05, 0.1) is 0 Å². The molecule has 1 N–H and O–H groups in total. The van der Waals surface area contributed by atoms with Crippen LogP contribution in [0.25, 0.3) is 0 Å². The van der Waals surface area contributed by atoms with Crippen LogP contribution in [0.1, 0.15) is 32.6 Å². The van der Waals surface area contributed by atoms with E-state index in [2.05, 4.69) is 24.2 Å². The summed E-state index contributed by atoms with van der Waals surface area (Å²) < 4.78 is 0. The van der Waals surface area contributed by atoms with Gasteiger partial charge in [-0.05, 0) is 52.2 Å². The van der Waals surface area contributed by atoms with Crippen LogP contribution in [0.5, 0.6) is 0 Å². The van der Waals surface area contributed by atoms with E-state index >= 15 is 0 Å². The van der Waals surface area contributed by atoms with Crippen molar-refractivity contribution in [2.75, 3.05) is 39.8 Å². The molecule has 104 valence electrons. The number of hydrogen-bond acceptors (Lipinski definition) is 3. The van der Waals surface area contributed by atoms with Crippen LogP contribution >= 0.6 is 0 Å². The summed E-state index contributed by atoms with van der Waals surface area (Å²) in [7, 11) is 2.18. The first-order valence-corrected chi connectivity index (χ1v) is 7.35. The molecule has 2 fully saturated rings. The van der Waals surface area contributed by atoms with E-state index in [1.807, 2.05) is 4.90 Å². The Bertz CT molecular complexity index is 274. The summed E-state index contributed by atoms with van der Waals surface area (Å²) in [5.41, 5.74) is 0. The molecule has 4 nitrogen and oxygen atoms in total. The maximum absolute atomic E-state index is 12.1. The van der Waals surface area contributed by atoms with E-state index in [4.69, 9.17) is 0 Å². The topological polar surface area (TPSA) is 35.6 Å². The van der Waals surface area contributed by atoms with E-state index in [1.54, 1.807) is 0 Å². The zero-order valence-corrected chi connectivity index (χ0v) is 11.8. The fourth-order valence-corrected chi connectivity index (χ4v) is 3.00. The molecule has 2 saturated heterocycles. The van der Waals surface area contributed by atoms with E-state index in [1.165, 1.54) is 25.9 Å². The number of piperidine rings is 1. The van der Waals surface area contributed by atoms with E-state index in [0.29, 0.717) is 11.9 Å². The van der Waals surface area contributed by atoms with E-state index in [0.717, 1.165) is 38.4 Å². The quantitative estimate of drug-likeness (QED) is 0.813. The third-order valence-electron chi connectivity index (χ3n) is 4.33. The van der Waals surface area contributed by atoms with Crippen LogP contribution in [0.2, 0.25) is 0 Å². The number of carbonyl (C=O) groups is 1. The lowest BCUT2D eigenvalue weighted by Crippen LogP contribution is -2.51. The predicted octanol–water partition coefficient (Wildman–Crippen LogP) is 0.929. The lowest BCUT2D eigenvalue weighted by atomic mass is 9.92. The molecule has 0 radical (unpaired) electrons. The molecule has 0 saturated carbocycles. The van der Waals surface area contributed by atoms with Crippen molar-refractivity contribution < 1.29 is 4.79 Å². The highest BCUT2D eigenvalue weighted by atomic mass is 16.2. The van der Waals surface area contributed by atoms with Crippen LogP contribution in [0, 0.1) is 5.92 Å². The minimum absolute atomic E-state index is 0.363. The van der Waals surface area contributed by atoms with E-state index < -0.39 is 0 Å². The van der Waals surface area contributed by atoms with Gasteiger partial charge in [-0.3, -0.25) is 4.79 Å². The van der Waals surface area contributed by atoms with Crippen molar-refractivity contribution in [1.29, 1.82) is 0 Å². The van der Waals surface area contributed by atoms with Gasteiger partial charge in [0.15, 0.2) is 0 Å². The van der Waals surface area contributed by atoms with Gasteiger partial charge < -0.3 is 15.1 Å². The Kier molecular flexibility index (Phi) is 5.01. The van der Waals surface area contributed by atoms with Crippen LogP contribution in [0.4, 0.5) is 0 Å². The molecule has 1 atom stereocenters. The maximum atomic E-state index is 12.1. The van der Waals surface area contributed by atoms with Gasteiger partial charge >= 0.3 is 0 Å². The molecule has 0 aromatic carbocycles. The number of likely N-dealkylation sites (tertiary alicyclic amines) is 1. The van der Waals surface area contributed by atoms with Crippen LogP contribution in [-0.4, -0.2) is 61.5 Å². The Labute approximate surface area is 111 Å². The Balaban J connectivity index is 1.68. The molecular formula is C14H27N3O. The number of hydrogen-bond donors (Lipinski definition) is 1. The predicted molar refractivity (Wildman–Crippen MR) is 73.5 cm³/mol. The van der Waals surface area contributed by atoms with Crippen LogP contribution in [0.15, 0.2) is 0 Å². The van der Waals surface area contributed by atoms with Crippen molar-refractivity contribution in [3.63, 3.8) is 0 Å². The third-order valence-corrected chi connectivity index (χ3v) is 4.33. The van der Waals surface area contributed by atoms with Gasteiger partial charge in [-0.25, -0.2) is 0 Å². The molecule has 2 aliphatic rings. The van der Waals surface area contributed by atoms with Crippen molar-refractivity contribution in [3.8, 4) is 0 Å². The highest BCUT2D eigenvalue weighted by molar-refractivity contribution is 5.76. The van der Waals surface area contributed by atoms with Crippen molar-refractivity contribution >= 4 is 5.91 Å². The van der Waals surface area contributed by atoms with E-state index in [9.17, 15) is 4.79 Å². The Morgan fingerprint density at radius 3 is 2.67 bits per heavy atom. The molecule has 0 aliphatic carbocycles. The maximum Gasteiger partial charge on any atom is 0.222 e. The Hall–Kier alpha value is -0.610. The lowest BCUT2D eigenvalue weighted by Gasteiger charge is -2.33. The number of piperazine rings is 1. The third kappa shape index (κ3) is 3.95. The Morgan fingerprint density at radius 2 is 2.00 bits per heavy atom. The molecule has 2 rings (SSSR count). The molecule has 1 unspecified atom stereocenters. The highest BCUT2D eigenvalue weighted by Crippen LogP contribution is 2.21. The second-order valence-corrected chi connectivity index (χ2v) is 5.98. The number of nitrogens with one attached hydrogen (secondary N) is 1. The molecule has 0 aromatic heterocycles. The molecule has 2 heterocycles. The first-order valence-electron chi connectivity index (χ1n) is 7.35. The first-order chi connectivity index (χ1) is 8.65. The smallest absolute Gasteiger partial charge is 0.222 e. The molecule has 0 spiro atoms. The summed E-state index contributed by atoms with van der Waals surface area (Å²) in [6, 6.07) is 0.450. The Morgan fingerprint density at radius 1 is 1.28 bits per heavy atom. The summed E-state index contributed by atoms with van der Waals surface area (Å²) in [5, 5.41) is 3.38. The van der Waals surface area contributed by atoms with Crippen LogP contribution in [0.3, 0.4) is 0 Å². The van der Waals surface area contributed by atoms with Crippen molar-refractivity contribution in [3.05, 3.63) is 0 Å². The fraction of sp³-hybridized carbons (Fsp3) is 0.929. The molecular weight excluding hydrogens is 226 g/mol. The zero-order chi connectivity index (χ0) is 13.0. The average Bonchev–Trinajstić information content (AvgIpc) is 2.38. The number of rotatable bonds is 3. The summed E-state index contributed by atoms with van der Waals surface area (Å²) in [6.45, 7) is 7.26. The second-order valence-electron chi connectivity index (χ2n) is 5.98. The van der Waals surface area contributed by atoms with Gasteiger partial charge in [0.25, 0.3) is 0 Å². The van der Waals surface area contributed by atoms with Gasteiger partial charge in [-0.15, -0.1) is 0 Å². The highest BCUT2D eigenvalue weighted by Gasteiger charge is 2.22. The number of nitrogens with zero attached hydrogens (tertiary/aromatic N) is 2. The SMILES string of the molecule is CC1CN(C(=O)CCC2CCN(C)CC2)CCN1. The lowest BCUT2D eigenvalue weighted by molar-refractivity contribution is -0.132. The monoisotopic (exact) mass is 253 g/mol. The fourth-order valence-electron chi connectivity index (χ4n) is 3.00. The summed E-state index contributed by atoms with van der Waals surface area (Å²) in [5.74, 6) is 1.13. The van der Waals surface area contributed by atoms with Gasteiger partial charge in [0, 0.05) is 32.1 Å². The summed E-state index contributed by atoms with van der Waals surface area (Å²) in [6.07, 6.45) is 4.37. The van der Waals surface area contributed by atoms with Crippen molar-refractivity contribution in [2.24, 2.45) is 5.92 Å². The number of carbonyl (C=O) groups excluding carboxylic acids is 1. The van der Waals surface area contributed by atoms with Crippen LogP contribution < -0.4 is 5.32 Å². The molecule has 2 aliphatic heterocycles. The standard InChI is InChI=1S/C14H27N3O/c1-12-11-17(10-7-15-12)14(18)4-3-13-5-8-16(2)9-6-13/h12-13,15H,3-11H2,1-2H3. The molecule has 4 heteroatoms. The van der Waals surface area contributed by atoms with Crippen LogP contribution in [-0.2, 0) is 4.79 Å². The summed E-state index contributed by atoms with van der Waals surface area (Å²) >= 11 is 0.